The normalized spacial score (nSPS) is 10.1. The fourth-order valence-electron chi connectivity index (χ4n) is 1.82. The predicted octanol–water partition coefficient (Wildman–Crippen LogP) is 2.51. The highest BCUT2D eigenvalue weighted by molar-refractivity contribution is 5.75. The molecular weight excluding hydrogens is 252 g/mol. The molecule has 0 saturated heterocycles. The van der Waals surface area contributed by atoms with Gasteiger partial charge in [0, 0.05) is 26.0 Å². The van der Waals surface area contributed by atoms with Crippen molar-refractivity contribution in [2.24, 2.45) is 0 Å². The first kappa shape index (κ1) is 14.1. The molecule has 1 heterocycles. The highest BCUT2D eigenvalue weighted by atomic mass is 16.5. The van der Waals surface area contributed by atoms with Gasteiger partial charge in [0.1, 0.15) is 5.75 Å². The van der Waals surface area contributed by atoms with Crippen LogP contribution in [0, 0.1) is 0 Å². The molecule has 0 aliphatic carbocycles. The second-order valence-electron chi connectivity index (χ2n) is 4.52. The monoisotopic (exact) mass is 270 g/mol. The fourth-order valence-corrected chi connectivity index (χ4v) is 1.82. The van der Waals surface area contributed by atoms with Gasteiger partial charge in [-0.05, 0) is 23.8 Å². The van der Waals surface area contributed by atoms with E-state index in [1.54, 1.807) is 24.3 Å². The Morgan fingerprint density at radius 1 is 1.20 bits per heavy atom. The van der Waals surface area contributed by atoms with Crippen molar-refractivity contribution >= 4 is 5.91 Å². The minimum absolute atomic E-state index is 0.0600. The smallest absolute Gasteiger partial charge is 0.226 e. The van der Waals surface area contributed by atoms with Crippen LogP contribution in [0.15, 0.2) is 54.9 Å². The van der Waals surface area contributed by atoms with Crippen LogP contribution in [0.25, 0.3) is 0 Å². The number of hydrogen-bond acceptors (Lipinski definition) is 3. The largest absolute Gasteiger partial charge is 0.493 e. The zero-order chi connectivity index (χ0) is 14.2. The van der Waals surface area contributed by atoms with Crippen molar-refractivity contribution in [2.45, 2.75) is 13.0 Å². The molecule has 0 spiro atoms. The zero-order valence-corrected chi connectivity index (χ0v) is 11.5. The quantitative estimate of drug-likeness (QED) is 0.810. The van der Waals surface area contributed by atoms with Crippen molar-refractivity contribution in [3.8, 4) is 5.75 Å². The summed E-state index contributed by atoms with van der Waals surface area (Å²) < 4.78 is 5.52. The number of amides is 1. The van der Waals surface area contributed by atoms with E-state index in [4.69, 9.17) is 4.74 Å². The minimum Gasteiger partial charge on any atom is -0.493 e. The van der Waals surface area contributed by atoms with Gasteiger partial charge in [-0.2, -0.15) is 0 Å². The number of hydrogen-bond donors (Lipinski definition) is 0. The number of pyridine rings is 1. The Morgan fingerprint density at radius 2 is 2.00 bits per heavy atom. The lowest BCUT2D eigenvalue weighted by molar-refractivity contribution is -0.130. The average molecular weight is 270 g/mol. The summed E-state index contributed by atoms with van der Waals surface area (Å²) >= 11 is 0. The molecule has 20 heavy (non-hydrogen) atoms. The van der Waals surface area contributed by atoms with Gasteiger partial charge in [0.25, 0.3) is 0 Å². The SMILES string of the molecule is CN(Cc1cccnc1)C(=O)CCOc1ccccc1. The predicted molar refractivity (Wildman–Crippen MR) is 77.3 cm³/mol. The number of carbonyl (C=O) groups excluding carboxylic acids is 1. The van der Waals surface area contributed by atoms with E-state index in [1.807, 2.05) is 42.5 Å². The first-order valence-electron chi connectivity index (χ1n) is 6.56. The summed E-state index contributed by atoms with van der Waals surface area (Å²) in [5, 5.41) is 0. The maximum absolute atomic E-state index is 12.0. The van der Waals surface area contributed by atoms with E-state index in [-0.39, 0.29) is 5.91 Å². The summed E-state index contributed by atoms with van der Waals surface area (Å²) in [5.74, 6) is 0.847. The first-order valence-corrected chi connectivity index (χ1v) is 6.56. The average Bonchev–Trinajstić information content (AvgIpc) is 2.49. The van der Waals surface area contributed by atoms with Crippen molar-refractivity contribution in [1.29, 1.82) is 0 Å². The topological polar surface area (TPSA) is 42.4 Å². The van der Waals surface area contributed by atoms with E-state index >= 15 is 0 Å². The van der Waals surface area contributed by atoms with Gasteiger partial charge in [-0.3, -0.25) is 9.78 Å². The summed E-state index contributed by atoms with van der Waals surface area (Å²) in [7, 11) is 1.79. The van der Waals surface area contributed by atoms with Crippen molar-refractivity contribution in [3.63, 3.8) is 0 Å². The Morgan fingerprint density at radius 3 is 2.70 bits per heavy atom. The third-order valence-corrected chi connectivity index (χ3v) is 2.90. The van der Waals surface area contributed by atoms with Gasteiger partial charge in [0.2, 0.25) is 5.91 Å². The lowest BCUT2D eigenvalue weighted by Crippen LogP contribution is -2.27. The molecule has 1 amide bonds. The molecule has 4 heteroatoms. The van der Waals surface area contributed by atoms with Crippen LogP contribution in [-0.2, 0) is 11.3 Å². The highest BCUT2D eigenvalue weighted by Crippen LogP contribution is 2.09. The molecule has 2 rings (SSSR count). The molecule has 0 bridgehead atoms. The van der Waals surface area contributed by atoms with Crippen molar-refractivity contribution in [2.75, 3.05) is 13.7 Å². The summed E-state index contributed by atoms with van der Waals surface area (Å²) in [6.07, 6.45) is 3.86. The second-order valence-corrected chi connectivity index (χ2v) is 4.52. The molecule has 0 N–H and O–H groups in total. The fraction of sp³-hybridized carbons (Fsp3) is 0.250. The summed E-state index contributed by atoms with van der Waals surface area (Å²) in [5.41, 5.74) is 1.02. The third-order valence-electron chi connectivity index (χ3n) is 2.90. The number of aromatic nitrogens is 1. The summed E-state index contributed by atoms with van der Waals surface area (Å²) in [6, 6.07) is 13.3. The number of para-hydroxylation sites is 1. The molecule has 104 valence electrons. The highest BCUT2D eigenvalue weighted by Gasteiger charge is 2.09. The Bertz CT molecular complexity index is 529. The van der Waals surface area contributed by atoms with Crippen LogP contribution < -0.4 is 4.74 Å². The molecule has 4 nitrogen and oxygen atoms in total. The van der Waals surface area contributed by atoms with E-state index < -0.39 is 0 Å². The maximum Gasteiger partial charge on any atom is 0.226 e. The Balaban J connectivity index is 1.74. The molecule has 0 saturated carbocycles. The van der Waals surface area contributed by atoms with Crippen LogP contribution in [0.5, 0.6) is 5.75 Å². The van der Waals surface area contributed by atoms with E-state index in [0.717, 1.165) is 11.3 Å². The van der Waals surface area contributed by atoms with Crippen LogP contribution in [0.3, 0.4) is 0 Å². The van der Waals surface area contributed by atoms with Gasteiger partial charge >= 0.3 is 0 Å². The van der Waals surface area contributed by atoms with Gasteiger partial charge in [0.05, 0.1) is 13.0 Å². The van der Waals surface area contributed by atoms with Gasteiger partial charge in [-0.1, -0.05) is 24.3 Å². The van der Waals surface area contributed by atoms with Crippen LogP contribution in [-0.4, -0.2) is 29.4 Å². The number of ether oxygens (including phenoxy) is 1. The third kappa shape index (κ3) is 4.39. The van der Waals surface area contributed by atoms with Crippen molar-refractivity contribution in [1.82, 2.24) is 9.88 Å². The Kier molecular flexibility index (Phi) is 5.12. The maximum atomic E-state index is 12.0. The van der Waals surface area contributed by atoms with E-state index in [9.17, 15) is 4.79 Å². The lowest BCUT2D eigenvalue weighted by Gasteiger charge is -2.17. The van der Waals surface area contributed by atoms with Crippen LogP contribution in [0.2, 0.25) is 0 Å². The molecule has 0 radical (unpaired) electrons. The van der Waals surface area contributed by atoms with E-state index in [2.05, 4.69) is 4.98 Å². The lowest BCUT2D eigenvalue weighted by atomic mass is 10.2. The first-order chi connectivity index (χ1) is 9.75. The molecule has 0 aliphatic heterocycles. The minimum atomic E-state index is 0.0600. The molecule has 2 aromatic rings. The van der Waals surface area contributed by atoms with Gasteiger partial charge in [0.15, 0.2) is 0 Å². The van der Waals surface area contributed by atoms with Gasteiger partial charge in [-0.15, -0.1) is 0 Å². The van der Waals surface area contributed by atoms with Gasteiger partial charge < -0.3 is 9.64 Å². The van der Waals surface area contributed by atoms with E-state index in [0.29, 0.717) is 19.6 Å². The summed E-state index contributed by atoms with van der Waals surface area (Å²) in [4.78, 5) is 17.7. The molecule has 0 unspecified atom stereocenters. The number of carbonyl (C=O) groups is 1. The Labute approximate surface area is 119 Å². The van der Waals surface area contributed by atoms with E-state index in [1.165, 1.54) is 0 Å². The zero-order valence-electron chi connectivity index (χ0n) is 11.5. The number of benzene rings is 1. The molecule has 0 aliphatic rings. The van der Waals surface area contributed by atoms with Crippen LogP contribution in [0.4, 0.5) is 0 Å². The Hall–Kier alpha value is -2.36. The molecular formula is C16H18N2O2. The molecule has 1 aromatic carbocycles. The second kappa shape index (κ2) is 7.28. The standard InChI is InChI=1S/C16H18N2O2/c1-18(13-14-6-5-10-17-12-14)16(19)9-11-20-15-7-3-2-4-8-15/h2-8,10,12H,9,11,13H2,1H3. The molecule has 0 fully saturated rings. The van der Waals surface area contributed by atoms with Gasteiger partial charge in [-0.25, -0.2) is 0 Å². The number of nitrogens with zero attached hydrogens (tertiary/aromatic N) is 2. The molecule has 0 atom stereocenters. The van der Waals surface area contributed by atoms with Crippen LogP contribution >= 0.6 is 0 Å². The molecule has 1 aromatic heterocycles. The number of rotatable bonds is 6. The van der Waals surface area contributed by atoms with Crippen LogP contribution in [0.1, 0.15) is 12.0 Å². The summed E-state index contributed by atoms with van der Waals surface area (Å²) in [6.45, 7) is 0.957. The van der Waals surface area contributed by atoms with Crippen molar-refractivity contribution in [3.05, 3.63) is 60.4 Å². The van der Waals surface area contributed by atoms with Crippen molar-refractivity contribution < 1.29 is 9.53 Å².